The molecule has 1 heterocycles. The van der Waals surface area contributed by atoms with Crippen LogP contribution in [-0.4, -0.2) is 54.0 Å². The van der Waals surface area contributed by atoms with Gasteiger partial charge in [-0.1, -0.05) is 122 Å². The third kappa shape index (κ3) is 15.9. The number of para-hydroxylation sites is 2. The lowest BCUT2D eigenvalue weighted by Crippen LogP contribution is -2.42. The molecule has 64 heavy (non-hydrogen) atoms. The molecule has 5 rings (SSSR count). The number of thiol groups is 1. The second-order valence-electron chi connectivity index (χ2n) is 15.3. The molecule has 0 aromatic heterocycles. The van der Waals surface area contributed by atoms with E-state index in [2.05, 4.69) is 61.6 Å². The summed E-state index contributed by atoms with van der Waals surface area (Å²) < 4.78 is 39.4. The first-order valence-electron chi connectivity index (χ1n) is 22.2. The Morgan fingerprint density at radius 3 is 1.81 bits per heavy atom. The number of allylic oxidation sites excluding steroid dienone is 11. The number of ether oxygens (including phenoxy) is 3. The molecule has 1 unspecified atom stereocenters. The lowest BCUT2D eigenvalue weighted by atomic mass is 9.93. The third-order valence-electron chi connectivity index (χ3n) is 10.3. The van der Waals surface area contributed by atoms with Gasteiger partial charge in [-0.2, -0.15) is 12.5 Å². The summed E-state index contributed by atoms with van der Waals surface area (Å²) in [6.45, 7) is 2.60. The van der Waals surface area contributed by atoms with E-state index in [4.69, 9.17) is 15.3 Å². The number of carbonyl (C=O) groups is 5. The minimum atomic E-state index is -1.10. The molecule has 2 atom stereocenters. The minimum Gasteiger partial charge on any atom is -0.425 e. The number of hydrogen-bond donors (Lipinski definition) is 1. The average Bonchev–Trinajstić information content (AvgIpc) is 4.16. The number of Topliss-reactive ketones (excluding diaryl/α,β-unsaturated/α-hetero) is 1. The van der Waals surface area contributed by atoms with Crippen LogP contribution < -0.4 is 9.47 Å². The van der Waals surface area contributed by atoms with Gasteiger partial charge in [-0.15, -0.1) is 0 Å². The molecule has 3 aromatic carbocycles. The van der Waals surface area contributed by atoms with Crippen LogP contribution in [0.3, 0.4) is 0 Å². The molecule has 11 heteroatoms. The molecule has 1 aliphatic heterocycles. The van der Waals surface area contributed by atoms with Gasteiger partial charge in [-0.05, 0) is 93.7 Å². The summed E-state index contributed by atoms with van der Waals surface area (Å²) in [5.74, 6) is -4.60. The Morgan fingerprint density at radius 1 is 0.703 bits per heavy atom. The van der Waals surface area contributed by atoms with Crippen molar-refractivity contribution in [2.45, 2.75) is 82.4 Å². The van der Waals surface area contributed by atoms with E-state index in [1.54, 1.807) is 36.4 Å². The zero-order valence-electron chi connectivity index (χ0n) is 37.2. The number of esters is 4. The van der Waals surface area contributed by atoms with Crippen LogP contribution in [-0.2, 0) is 19.1 Å². The molecule has 9 nitrogen and oxygen atoms in total. The molecule has 1 saturated heterocycles. The third-order valence-corrected chi connectivity index (χ3v) is 10.8. The van der Waals surface area contributed by atoms with Gasteiger partial charge in [-0.3, -0.25) is 14.5 Å². The zero-order valence-corrected chi connectivity index (χ0v) is 37.0. The van der Waals surface area contributed by atoms with Crippen molar-refractivity contribution in [1.82, 2.24) is 4.90 Å². The summed E-state index contributed by atoms with van der Waals surface area (Å²) >= 11 is 0.779. The topological polar surface area (TPSA) is 116 Å². The van der Waals surface area contributed by atoms with Crippen molar-refractivity contribution in [3.8, 4) is 11.5 Å². The molecule has 2 fully saturated rings. The predicted molar refractivity (Wildman–Crippen MR) is 251 cm³/mol. The SMILES string of the molecule is [2H]SC1CCN([C@@H](C(=O)C2CC2)c2ccccc2F)C/C1=C/C(=O)OC(=O)c1ccccc1OC(=O)c1ccccc1OC(=O)C/C=C\C/C=C\C/C=C\C/C=C\C/C=C\C/C=C\CC. The van der Waals surface area contributed by atoms with Gasteiger partial charge in [0.05, 0.1) is 12.5 Å². The van der Waals surface area contributed by atoms with Crippen LogP contribution in [0.25, 0.3) is 0 Å². The number of benzene rings is 3. The molecular formula is C53H56FNO8S. The molecule has 334 valence electrons. The Labute approximate surface area is 382 Å². The number of halogens is 1. The van der Waals surface area contributed by atoms with Crippen LogP contribution in [0.5, 0.6) is 11.5 Å². The van der Waals surface area contributed by atoms with Gasteiger partial charge in [0.25, 0.3) is 0 Å². The van der Waals surface area contributed by atoms with Crippen LogP contribution >= 0.6 is 12.5 Å². The Kier molecular flexibility index (Phi) is 19.6. The van der Waals surface area contributed by atoms with Crippen molar-refractivity contribution in [3.05, 3.63) is 180 Å². The standard InChI is InChI=1S/C53H56FNO8S/c1-2-3-4-5-6-7-8-9-10-11-12-13-14-15-16-17-18-19-32-48(56)61-45-30-24-21-27-42(45)52(59)62-46-31-25-22-28-43(46)53(60)63-49(57)37-40-38-55(36-35-47(40)64)50(51(58)39-33-34-39)41-26-20-23-29-44(41)54/h3-4,6-7,9-10,12-13,15-16,18-31,37,39,47,50,64H,2,5,8,11,14,17,32-36,38H2,1H3/b4-3-,7-6-,10-9-,13-12-,16-15-,19-18-,40-37-/t47?,50-/m1/s1/i/hD. The average molecular weight is 887 g/mol. The van der Waals surface area contributed by atoms with E-state index in [0.29, 0.717) is 25.0 Å². The van der Waals surface area contributed by atoms with Gasteiger partial charge in [0.1, 0.15) is 29.6 Å². The molecule has 0 amide bonds. The van der Waals surface area contributed by atoms with Gasteiger partial charge in [0.2, 0.25) is 0 Å². The Balaban J connectivity index is 1.11. The summed E-state index contributed by atoms with van der Waals surface area (Å²) in [4.78, 5) is 68.1. The second kappa shape index (κ2) is 26.5. The quantitative estimate of drug-likeness (QED) is 0.0248. The number of ketones is 1. The smallest absolute Gasteiger partial charge is 0.349 e. The van der Waals surface area contributed by atoms with Crippen LogP contribution in [0.4, 0.5) is 4.39 Å². The summed E-state index contributed by atoms with van der Waals surface area (Å²) in [5.41, 5.74) is 0.422. The number of piperidine rings is 1. The Morgan fingerprint density at radius 2 is 1.23 bits per heavy atom. The van der Waals surface area contributed by atoms with Gasteiger partial charge in [0.15, 0.2) is 5.78 Å². The van der Waals surface area contributed by atoms with Crippen molar-refractivity contribution in [3.63, 3.8) is 0 Å². The van der Waals surface area contributed by atoms with Crippen molar-refractivity contribution in [2.75, 3.05) is 13.1 Å². The highest BCUT2D eigenvalue weighted by Gasteiger charge is 2.41. The van der Waals surface area contributed by atoms with E-state index in [0.717, 1.165) is 63.6 Å². The maximum absolute atomic E-state index is 15.0. The predicted octanol–water partition coefficient (Wildman–Crippen LogP) is 11.4. The number of rotatable bonds is 23. The number of likely N-dealkylation sites (tertiary alicyclic amines) is 1. The molecule has 0 N–H and O–H groups in total. The lowest BCUT2D eigenvalue weighted by Gasteiger charge is -2.37. The first-order chi connectivity index (χ1) is 31.7. The van der Waals surface area contributed by atoms with Gasteiger partial charge < -0.3 is 14.2 Å². The Hall–Kier alpha value is -6.17. The normalized spacial score (nSPS) is 17.2. The minimum absolute atomic E-state index is 0.0308. The lowest BCUT2D eigenvalue weighted by molar-refractivity contribution is -0.134. The van der Waals surface area contributed by atoms with E-state index < -0.39 is 41.0 Å². The molecule has 0 spiro atoms. The highest BCUT2D eigenvalue weighted by Crippen LogP contribution is 2.39. The second-order valence-corrected chi connectivity index (χ2v) is 15.8. The van der Waals surface area contributed by atoms with E-state index in [1.807, 2.05) is 17.1 Å². The summed E-state index contributed by atoms with van der Waals surface area (Å²) in [5, 5.41) is -0.431. The van der Waals surface area contributed by atoms with Crippen LogP contribution in [0.15, 0.2) is 157 Å². The molecule has 1 saturated carbocycles. The van der Waals surface area contributed by atoms with Crippen molar-refractivity contribution >= 4 is 42.2 Å². The van der Waals surface area contributed by atoms with Gasteiger partial charge in [-0.25, -0.2) is 18.8 Å². The highest BCUT2D eigenvalue weighted by molar-refractivity contribution is 7.81. The highest BCUT2D eigenvalue weighted by atomic mass is 32.1. The van der Waals surface area contributed by atoms with E-state index in [-0.39, 0.29) is 52.9 Å². The van der Waals surface area contributed by atoms with Crippen LogP contribution in [0.2, 0.25) is 0 Å². The van der Waals surface area contributed by atoms with E-state index in [1.165, 1.54) is 42.5 Å². The maximum Gasteiger partial charge on any atom is 0.349 e. The van der Waals surface area contributed by atoms with Crippen LogP contribution in [0, 0.1) is 11.7 Å². The first kappa shape index (κ1) is 47.3. The number of hydrogen-bond acceptors (Lipinski definition) is 10. The van der Waals surface area contributed by atoms with Gasteiger partial charge >= 0.3 is 23.9 Å². The maximum atomic E-state index is 15.0. The molecule has 1 aliphatic carbocycles. The summed E-state index contributed by atoms with van der Waals surface area (Å²) in [6, 6.07) is 17.0. The van der Waals surface area contributed by atoms with Crippen LogP contribution in [0.1, 0.15) is 103 Å². The number of carbonyl (C=O) groups excluding carboxylic acids is 5. The monoisotopic (exact) mass is 886 g/mol. The zero-order chi connectivity index (χ0) is 46.2. The number of nitrogens with zero attached hydrogens (tertiary/aromatic N) is 1. The van der Waals surface area contributed by atoms with Crippen molar-refractivity contribution < 1.29 is 42.6 Å². The van der Waals surface area contributed by atoms with E-state index >= 15 is 4.39 Å². The molecule has 3 aromatic rings. The Bertz CT molecular complexity index is 2330. The molecule has 0 radical (unpaired) electrons. The largest absolute Gasteiger partial charge is 0.425 e. The molecular weight excluding hydrogens is 830 g/mol. The van der Waals surface area contributed by atoms with E-state index in [9.17, 15) is 24.0 Å². The van der Waals surface area contributed by atoms with Crippen molar-refractivity contribution in [1.29, 1.82) is 1.12 Å². The summed E-state index contributed by atoms with van der Waals surface area (Å²) in [6.07, 6.45) is 33.1. The van der Waals surface area contributed by atoms with Gasteiger partial charge in [0, 0.05) is 35.9 Å². The molecule has 0 bridgehead atoms. The fourth-order valence-electron chi connectivity index (χ4n) is 6.86. The fourth-order valence-corrected chi connectivity index (χ4v) is 7.10. The fraction of sp³-hybridized carbons (Fsp3) is 0.302. The first-order valence-corrected chi connectivity index (χ1v) is 22.3. The van der Waals surface area contributed by atoms with Crippen molar-refractivity contribution in [2.24, 2.45) is 5.92 Å². The molecule has 2 aliphatic rings. The summed E-state index contributed by atoms with van der Waals surface area (Å²) in [7, 11) is 0.